The second-order valence-corrected chi connectivity index (χ2v) is 7.12. The van der Waals surface area contributed by atoms with E-state index in [1.54, 1.807) is 20.8 Å². The fraction of sp³-hybridized carbons (Fsp3) is 0.417. The number of methoxy groups -OCH3 is 1. The van der Waals surface area contributed by atoms with Gasteiger partial charge >= 0.3 is 5.97 Å². The number of hydrogen-bond acceptors (Lipinski definition) is 4. The van der Waals surface area contributed by atoms with Gasteiger partial charge in [0.05, 0.1) is 17.8 Å². The van der Waals surface area contributed by atoms with Crippen LogP contribution in [0.5, 0.6) is 5.75 Å². The third kappa shape index (κ3) is 5.07. The molecule has 0 atom stereocenters. The van der Waals surface area contributed by atoms with Gasteiger partial charge in [-0.2, -0.15) is 13.1 Å². The van der Waals surface area contributed by atoms with E-state index in [-0.39, 0.29) is 22.0 Å². The van der Waals surface area contributed by atoms with Crippen molar-refractivity contribution in [3.8, 4) is 5.75 Å². The van der Waals surface area contributed by atoms with Crippen LogP contribution >= 0.6 is 11.6 Å². The van der Waals surface area contributed by atoms with Gasteiger partial charge in [-0.1, -0.05) is 11.6 Å². The molecule has 3 N–H and O–H groups in total. The van der Waals surface area contributed by atoms with Gasteiger partial charge in [0.2, 0.25) is 0 Å². The molecule has 0 saturated carbocycles. The Kier molecular flexibility index (Phi) is 5.08. The number of hydrogen-bond donors (Lipinski definition) is 3. The van der Waals surface area contributed by atoms with Crippen LogP contribution < -0.4 is 14.2 Å². The number of nitrogens with one attached hydrogen (secondary N) is 2. The van der Waals surface area contributed by atoms with Gasteiger partial charge in [0, 0.05) is 11.6 Å². The maximum Gasteiger partial charge on any atom is 0.339 e. The van der Waals surface area contributed by atoms with Crippen molar-refractivity contribution in [3.05, 3.63) is 22.7 Å². The third-order valence-corrected chi connectivity index (χ3v) is 3.89. The van der Waals surface area contributed by atoms with E-state index in [2.05, 4.69) is 9.44 Å². The van der Waals surface area contributed by atoms with Crippen molar-refractivity contribution in [2.24, 2.45) is 0 Å². The number of rotatable bonds is 5. The van der Waals surface area contributed by atoms with Crippen LogP contribution in [0.2, 0.25) is 5.02 Å². The number of aromatic carboxylic acids is 1. The molecule has 0 amide bonds. The molecular formula is C12H17ClN2O5S. The maximum atomic E-state index is 11.9. The normalized spacial score (nSPS) is 12.0. The van der Waals surface area contributed by atoms with Gasteiger partial charge < -0.3 is 9.84 Å². The van der Waals surface area contributed by atoms with Gasteiger partial charge in [-0.15, -0.1) is 0 Å². The fourth-order valence-corrected chi connectivity index (χ4v) is 3.12. The number of carboxylic acids is 1. The Balaban J connectivity index is 3.18. The molecule has 1 aromatic rings. The van der Waals surface area contributed by atoms with Crippen LogP contribution in [0.15, 0.2) is 12.1 Å². The molecular weight excluding hydrogens is 320 g/mol. The monoisotopic (exact) mass is 336 g/mol. The van der Waals surface area contributed by atoms with Gasteiger partial charge in [0.15, 0.2) is 0 Å². The first-order chi connectivity index (χ1) is 9.45. The molecule has 0 spiro atoms. The lowest BCUT2D eigenvalue weighted by atomic mass is 10.1. The molecule has 0 radical (unpaired) electrons. The highest BCUT2D eigenvalue weighted by Gasteiger charge is 2.22. The number of halogens is 1. The van der Waals surface area contributed by atoms with E-state index in [9.17, 15) is 13.2 Å². The van der Waals surface area contributed by atoms with E-state index in [4.69, 9.17) is 21.4 Å². The summed E-state index contributed by atoms with van der Waals surface area (Å²) in [4.78, 5) is 11.0. The van der Waals surface area contributed by atoms with Crippen molar-refractivity contribution in [1.82, 2.24) is 4.72 Å². The Morgan fingerprint density at radius 2 is 1.90 bits per heavy atom. The first-order valence-corrected chi connectivity index (χ1v) is 7.74. The molecule has 0 saturated heterocycles. The summed E-state index contributed by atoms with van der Waals surface area (Å²) in [6, 6.07) is 2.34. The van der Waals surface area contributed by atoms with E-state index in [0.717, 1.165) is 6.07 Å². The summed E-state index contributed by atoms with van der Waals surface area (Å²) in [6.45, 7) is 5.05. The molecule has 0 fully saturated rings. The van der Waals surface area contributed by atoms with Gasteiger partial charge in [0.25, 0.3) is 10.2 Å². The summed E-state index contributed by atoms with van der Waals surface area (Å²) < 4.78 is 33.5. The minimum absolute atomic E-state index is 0.000332. The first kappa shape index (κ1) is 17.5. The molecule has 118 valence electrons. The summed E-state index contributed by atoms with van der Waals surface area (Å²) in [5.74, 6) is -1.23. The van der Waals surface area contributed by atoms with Crippen LogP contribution in [0.1, 0.15) is 31.1 Å². The Labute approximate surface area is 128 Å². The highest BCUT2D eigenvalue weighted by atomic mass is 35.5. The zero-order chi connectivity index (χ0) is 16.4. The highest BCUT2D eigenvalue weighted by Crippen LogP contribution is 2.31. The number of anilines is 1. The highest BCUT2D eigenvalue weighted by molar-refractivity contribution is 7.90. The predicted molar refractivity (Wildman–Crippen MR) is 80.4 cm³/mol. The van der Waals surface area contributed by atoms with Crippen LogP contribution in [0.4, 0.5) is 5.69 Å². The zero-order valence-corrected chi connectivity index (χ0v) is 13.6. The van der Waals surface area contributed by atoms with E-state index < -0.39 is 21.7 Å². The topological polar surface area (TPSA) is 105 Å². The van der Waals surface area contributed by atoms with Crippen LogP contribution in [0.3, 0.4) is 0 Å². The van der Waals surface area contributed by atoms with Crippen LogP contribution in [0.25, 0.3) is 0 Å². The van der Waals surface area contributed by atoms with Crippen molar-refractivity contribution in [2.75, 3.05) is 11.8 Å². The lowest BCUT2D eigenvalue weighted by Gasteiger charge is -2.21. The average Bonchev–Trinajstić information content (AvgIpc) is 2.27. The van der Waals surface area contributed by atoms with Gasteiger partial charge in [-0.3, -0.25) is 4.72 Å². The van der Waals surface area contributed by atoms with Crippen molar-refractivity contribution < 1.29 is 23.1 Å². The number of benzene rings is 1. The average molecular weight is 337 g/mol. The molecule has 0 bridgehead atoms. The third-order valence-electron chi connectivity index (χ3n) is 2.20. The van der Waals surface area contributed by atoms with Gasteiger partial charge in [0.1, 0.15) is 11.3 Å². The lowest BCUT2D eigenvalue weighted by Crippen LogP contribution is -2.43. The van der Waals surface area contributed by atoms with E-state index >= 15 is 0 Å². The number of ether oxygens (including phenoxy) is 1. The lowest BCUT2D eigenvalue weighted by molar-refractivity contribution is 0.0693. The van der Waals surface area contributed by atoms with E-state index in [0.29, 0.717) is 0 Å². The molecule has 9 heteroatoms. The molecule has 0 heterocycles. The fourth-order valence-electron chi connectivity index (χ4n) is 1.54. The van der Waals surface area contributed by atoms with E-state index in [1.807, 2.05) is 0 Å². The SMILES string of the molecule is COc1cc(NS(=O)(=O)NC(C)(C)C)c(Cl)cc1C(=O)O. The van der Waals surface area contributed by atoms with E-state index in [1.165, 1.54) is 13.2 Å². The Morgan fingerprint density at radius 1 is 1.33 bits per heavy atom. The predicted octanol–water partition coefficient (Wildman–Crippen LogP) is 2.09. The van der Waals surface area contributed by atoms with Crippen molar-refractivity contribution in [2.45, 2.75) is 26.3 Å². The zero-order valence-electron chi connectivity index (χ0n) is 12.0. The Morgan fingerprint density at radius 3 is 2.33 bits per heavy atom. The van der Waals surface area contributed by atoms with Crippen molar-refractivity contribution in [3.63, 3.8) is 0 Å². The van der Waals surface area contributed by atoms with Crippen molar-refractivity contribution in [1.29, 1.82) is 0 Å². The molecule has 21 heavy (non-hydrogen) atoms. The molecule has 1 aromatic carbocycles. The molecule has 1 rings (SSSR count). The minimum atomic E-state index is -3.86. The van der Waals surface area contributed by atoms with Crippen LogP contribution in [0, 0.1) is 0 Å². The summed E-state index contributed by atoms with van der Waals surface area (Å²) >= 11 is 5.91. The Hall–Kier alpha value is -1.51. The van der Waals surface area contributed by atoms with Crippen molar-refractivity contribution >= 4 is 33.5 Å². The molecule has 0 aromatic heterocycles. The molecule has 0 aliphatic carbocycles. The molecule has 0 aliphatic rings. The number of carboxylic acid groups (broad SMARTS) is 1. The van der Waals surface area contributed by atoms with Crippen LogP contribution in [-0.2, 0) is 10.2 Å². The van der Waals surface area contributed by atoms with Gasteiger partial charge in [-0.05, 0) is 26.8 Å². The summed E-state index contributed by atoms with van der Waals surface area (Å²) in [5.41, 5.74) is -0.812. The minimum Gasteiger partial charge on any atom is -0.496 e. The first-order valence-electron chi connectivity index (χ1n) is 5.88. The number of carbonyl (C=O) groups is 1. The summed E-state index contributed by atoms with van der Waals surface area (Å²) in [6.07, 6.45) is 0. The quantitative estimate of drug-likeness (QED) is 0.763. The van der Waals surface area contributed by atoms with Crippen LogP contribution in [-0.4, -0.2) is 32.1 Å². The van der Waals surface area contributed by atoms with Gasteiger partial charge in [-0.25, -0.2) is 4.79 Å². The molecule has 0 unspecified atom stereocenters. The second kappa shape index (κ2) is 6.08. The summed E-state index contributed by atoms with van der Waals surface area (Å²) in [5, 5.41) is 8.96. The largest absolute Gasteiger partial charge is 0.496 e. The standard InChI is InChI=1S/C12H17ClN2O5S/c1-12(2,3)15-21(18,19)14-9-6-10(20-4)7(11(16)17)5-8(9)13/h5-6,14-15H,1-4H3,(H,16,17). The summed E-state index contributed by atoms with van der Waals surface area (Å²) in [7, 11) is -2.58. The molecule has 0 aliphatic heterocycles. The maximum absolute atomic E-state index is 11.9. The molecule has 7 nitrogen and oxygen atoms in total. The Bertz CT molecular complexity index is 652. The smallest absolute Gasteiger partial charge is 0.339 e. The second-order valence-electron chi connectivity index (χ2n) is 5.30.